The number of carbonyl (C=O) groups is 1. The molecule has 2 nitrogen and oxygen atoms in total. The molecule has 0 amide bonds. The minimum Gasteiger partial charge on any atom is -0.478 e. The number of rotatable bonds is 2. The molecule has 74 valence electrons. The summed E-state index contributed by atoms with van der Waals surface area (Å²) in [5, 5.41) is 8.40. The van der Waals surface area contributed by atoms with Crippen LogP contribution < -0.4 is 0 Å². The highest BCUT2D eigenvalue weighted by Gasteiger charge is 2.03. The van der Waals surface area contributed by atoms with Gasteiger partial charge in [-0.1, -0.05) is 6.07 Å². The van der Waals surface area contributed by atoms with E-state index in [1.165, 1.54) is 12.1 Å². The standard InChI is InChI=1S/C11H11FO2/c1-7-5-8(2)9(10(12)6-7)3-4-11(13)14/h3-6H,1-2H3,(H,13,14)/b4-3+. The monoisotopic (exact) mass is 194 g/mol. The Labute approximate surface area is 81.7 Å². The maximum atomic E-state index is 13.3. The first kappa shape index (κ1) is 10.4. The lowest BCUT2D eigenvalue weighted by molar-refractivity contribution is -0.131. The first-order valence-electron chi connectivity index (χ1n) is 4.18. The van der Waals surface area contributed by atoms with Crippen molar-refractivity contribution in [1.82, 2.24) is 0 Å². The summed E-state index contributed by atoms with van der Waals surface area (Å²) >= 11 is 0. The van der Waals surface area contributed by atoms with Gasteiger partial charge < -0.3 is 5.11 Å². The highest BCUT2D eigenvalue weighted by molar-refractivity contribution is 5.85. The summed E-state index contributed by atoms with van der Waals surface area (Å²) < 4.78 is 13.3. The van der Waals surface area contributed by atoms with Crippen LogP contribution in [0.5, 0.6) is 0 Å². The van der Waals surface area contributed by atoms with Crippen molar-refractivity contribution in [2.75, 3.05) is 0 Å². The van der Waals surface area contributed by atoms with E-state index in [1.807, 2.05) is 6.07 Å². The Kier molecular flexibility index (Phi) is 3.02. The molecular weight excluding hydrogens is 183 g/mol. The number of aliphatic carboxylic acids is 1. The van der Waals surface area contributed by atoms with Crippen molar-refractivity contribution in [3.63, 3.8) is 0 Å². The van der Waals surface area contributed by atoms with Crippen molar-refractivity contribution in [1.29, 1.82) is 0 Å². The van der Waals surface area contributed by atoms with Crippen LogP contribution in [0.15, 0.2) is 18.2 Å². The molecule has 0 fully saturated rings. The lowest BCUT2D eigenvalue weighted by Gasteiger charge is -2.03. The molecule has 1 N–H and O–H groups in total. The first-order chi connectivity index (χ1) is 6.50. The van der Waals surface area contributed by atoms with Crippen molar-refractivity contribution >= 4 is 12.0 Å². The molecule has 0 aromatic heterocycles. The number of hydrogen-bond acceptors (Lipinski definition) is 1. The summed E-state index contributed by atoms with van der Waals surface area (Å²) in [5.41, 5.74) is 1.89. The fraction of sp³-hybridized carbons (Fsp3) is 0.182. The zero-order valence-corrected chi connectivity index (χ0v) is 8.04. The summed E-state index contributed by atoms with van der Waals surface area (Å²) in [6, 6.07) is 3.19. The van der Waals surface area contributed by atoms with E-state index in [4.69, 9.17) is 5.11 Å². The molecule has 0 spiro atoms. The average Bonchev–Trinajstić information content (AvgIpc) is 2.01. The van der Waals surface area contributed by atoms with Gasteiger partial charge in [0, 0.05) is 11.6 Å². The van der Waals surface area contributed by atoms with Crippen molar-refractivity contribution in [3.8, 4) is 0 Å². The van der Waals surface area contributed by atoms with Crippen LogP contribution >= 0.6 is 0 Å². The number of aryl methyl sites for hydroxylation is 2. The van der Waals surface area contributed by atoms with Gasteiger partial charge in [0.25, 0.3) is 0 Å². The Balaban J connectivity index is 3.15. The number of carboxylic acid groups (broad SMARTS) is 1. The zero-order chi connectivity index (χ0) is 10.7. The van der Waals surface area contributed by atoms with E-state index in [1.54, 1.807) is 13.8 Å². The number of carboxylic acids is 1. The molecule has 0 aliphatic carbocycles. The van der Waals surface area contributed by atoms with Crippen molar-refractivity contribution in [2.24, 2.45) is 0 Å². The maximum Gasteiger partial charge on any atom is 0.328 e. The van der Waals surface area contributed by atoms with Crippen LogP contribution in [0.1, 0.15) is 16.7 Å². The summed E-state index contributed by atoms with van der Waals surface area (Å²) in [4.78, 5) is 10.3. The van der Waals surface area contributed by atoms with Gasteiger partial charge in [-0.25, -0.2) is 9.18 Å². The minimum atomic E-state index is -1.08. The summed E-state index contributed by atoms with van der Waals surface area (Å²) in [7, 11) is 0. The zero-order valence-electron chi connectivity index (χ0n) is 8.04. The first-order valence-corrected chi connectivity index (χ1v) is 4.18. The summed E-state index contributed by atoms with van der Waals surface area (Å²) in [5.74, 6) is -1.47. The molecule has 1 aromatic rings. The van der Waals surface area contributed by atoms with E-state index < -0.39 is 5.97 Å². The Morgan fingerprint density at radius 2 is 2.07 bits per heavy atom. The molecule has 0 radical (unpaired) electrons. The van der Waals surface area contributed by atoms with Crippen LogP contribution in [0.4, 0.5) is 4.39 Å². The third-order valence-corrected chi connectivity index (χ3v) is 1.87. The van der Waals surface area contributed by atoms with Gasteiger partial charge in [0.15, 0.2) is 0 Å². The lowest BCUT2D eigenvalue weighted by Crippen LogP contribution is -1.91. The van der Waals surface area contributed by atoms with E-state index in [-0.39, 0.29) is 5.82 Å². The van der Waals surface area contributed by atoms with Crippen molar-refractivity contribution in [3.05, 3.63) is 40.7 Å². The van der Waals surface area contributed by atoms with Gasteiger partial charge in [-0.3, -0.25) is 0 Å². The number of benzene rings is 1. The largest absolute Gasteiger partial charge is 0.478 e. The van der Waals surface area contributed by atoms with Crippen LogP contribution in [-0.2, 0) is 4.79 Å². The van der Waals surface area contributed by atoms with Crippen LogP contribution in [-0.4, -0.2) is 11.1 Å². The van der Waals surface area contributed by atoms with Crippen LogP contribution in [0.3, 0.4) is 0 Å². The fourth-order valence-corrected chi connectivity index (χ4v) is 1.29. The van der Waals surface area contributed by atoms with Crippen LogP contribution in [0, 0.1) is 19.7 Å². The van der Waals surface area contributed by atoms with Gasteiger partial charge >= 0.3 is 5.97 Å². The second-order valence-corrected chi connectivity index (χ2v) is 3.15. The van der Waals surface area contributed by atoms with Gasteiger partial charge in [-0.05, 0) is 37.1 Å². The summed E-state index contributed by atoms with van der Waals surface area (Å²) in [6.45, 7) is 3.54. The molecule has 1 aromatic carbocycles. The molecule has 14 heavy (non-hydrogen) atoms. The molecule has 0 saturated heterocycles. The second-order valence-electron chi connectivity index (χ2n) is 3.15. The quantitative estimate of drug-likeness (QED) is 0.734. The third-order valence-electron chi connectivity index (χ3n) is 1.87. The van der Waals surface area contributed by atoms with Gasteiger partial charge in [0.05, 0.1) is 0 Å². The molecule has 0 aliphatic heterocycles. The third kappa shape index (κ3) is 2.42. The minimum absolute atomic E-state index is 0.331. The van der Waals surface area contributed by atoms with Crippen LogP contribution in [0.2, 0.25) is 0 Å². The molecule has 3 heteroatoms. The predicted molar refractivity (Wildman–Crippen MR) is 52.5 cm³/mol. The van der Waals surface area contributed by atoms with Gasteiger partial charge in [-0.2, -0.15) is 0 Å². The van der Waals surface area contributed by atoms with E-state index in [2.05, 4.69) is 0 Å². The Bertz CT molecular complexity index is 371. The van der Waals surface area contributed by atoms with Crippen molar-refractivity contribution in [2.45, 2.75) is 13.8 Å². The summed E-state index contributed by atoms with van der Waals surface area (Å²) in [6.07, 6.45) is 2.20. The number of halogens is 1. The molecule has 0 atom stereocenters. The molecule has 0 bridgehead atoms. The molecule has 0 saturated carbocycles. The number of hydrogen-bond donors (Lipinski definition) is 1. The van der Waals surface area contributed by atoms with E-state index in [9.17, 15) is 9.18 Å². The smallest absolute Gasteiger partial charge is 0.328 e. The highest BCUT2D eigenvalue weighted by Crippen LogP contribution is 2.16. The topological polar surface area (TPSA) is 37.3 Å². The predicted octanol–water partition coefficient (Wildman–Crippen LogP) is 2.54. The van der Waals surface area contributed by atoms with Crippen molar-refractivity contribution < 1.29 is 14.3 Å². The van der Waals surface area contributed by atoms with E-state index in [0.29, 0.717) is 5.56 Å². The van der Waals surface area contributed by atoms with E-state index in [0.717, 1.165) is 17.2 Å². The lowest BCUT2D eigenvalue weighted by atomic mass is 10.0. The van der Waals surface area contributed by atoms with Gasteiger partial charge in [0.2, 0.25) is 0 Å². The Morgan fingerprint density at radius 1 is 1.43 bits per heavy atom. The molecule has 0 unspecified atom stereocenters. The Hall–Kier alpha value is -1.64. The van der Waals surface area contributed by atoms with Gasteiger partial charge in [-0.15, -0.1) is 0 Å². The molecular formula is C11H11FO2. The van der Waals surface area contributed by atoms with E-state index >= 15 is 0 Å². The highest BCUT2D eigenvalue weighted by atomic mass is 19.1. The second kappa shape index (κ2) is 4.05. The molecule has 1 rings (SSSR count). The van der Waals surface area contributed by atoms with Crippen LogP contribution in [0.25, 0.3) is 6.08 Å². The fourth-order valence-electron chi connectivity index (χ4n) is 1.29. The van der Waals surface area contributed by atoms with Gasteiger partial charge in [0.1, 0.15) is 5.82 Å². The Morgan fingerprint density at radius 3 is 2.57 bits per heavy atom. The SMILES string of the molecule is Cc1cc(C)c(/C=C/C(=O)O)c(F)c1. The average molecular weight is 194 g/mol. The normalized spacial score (nSPS) is 10.8. The molecule has 0 aliphatic rings. The maximum absolute atomic E-state index is 13.3. The molecule has 0 heterocycles.